The molecule has 0 aliphatic rings. The number of para-hydroxylation sites is 1. The molecule has 0 radical (unpaired) electrons. The standard InChI is InChI=1S/C12H11N5S2/c13-17-11-6-14-8(5-15-11)7-18-12-16-9-3-1-2-4-10(9)19-12/h1-6H,7,13H2,(H,15,17). The van der Waals surface area contributed by atoms with Crippen molar-refractivity contribution in [1.29, 1.82) is 0 Å². The van der Waals surface area contributed by atoms with E-state index in [1.165, 1.54) is 4.70 Å². The van der Waals surface area contributed by atoms with Crippen LogP contribution in [0.2, 0.25) is 0 Å². The minimum atomic E-state index is 0.564. The predicted octanol–water partition coefficient (Wildman–Crippen LogP) is 2.66. The highest BCUT2D eigenvalue weighted by atomic mass is 32.2. The maximum atomic E-state index is 5.24. The molecule has 7 heteroatoms. The van der Waals surface area contributed by atoms with Gasteiger partial charge in [0.05, 0.1) is 28.3 Å². The third-order valence-electron chi connectivity index (χ3n) is 2.47. The number of nitrogen functional groups attached to an aromatic ring is 1. The lowest BCUT2D eigenvalue weighted by molar-refractivity contribution is 1.08. The molecule has 0 aliphatic carbocycles. The number of hydrazine groups is 1. The van der Waals surface area contributed by atoms with E-state index in [-0.39, 0.29) is 0 Å². The third kappa shape index (κ3) is 2.83. The summed E-state index contributed by atoms with van der Waals surface area (Å²) in [6, 6.07) is 8.13. The Morgan fingerprint density at radius 3 is 2.84 bits per heavy atom. The molecule has 0 unspecified atom stereocenters. The molecule has 96 valence electrons. The van der Waals surface area contributed by atoms with Gasteiger partial charge in [-0.2, -0.15) is 0 Å². The Hall–Kier alpha value is -1.70. The van der Waals surface area contributed by atoms with Crippen LogP contribution in [0.25, 0.3) is 10.2 Å². The van der Waals surface area contributed by atoms with Gasteiger partial charge in [-0.05, 0) is 12.1 Å². The molecule has 1 aromatic carbocycles. The van der Waals surface area contributed by atoms with E-state index in [2.05, 4.69) is 26.4 Å². The molecule has 0 saturated heterocycles. The molecular weight excluding hydrogens is 278 g/mol. The zero-order chi connectivity index (χ0) is 13.1. The Labute approximate surface area is 118 Å². The van der Waals surface area contributed by atoms with Crippen molar-refractivity contribution in [1.82, 2.24) is 15.0 Å². The highest BCUT2D eigenvalue weighted by Crippen LogP contribution is 2.30. The van der Waals surface area contributed by atoms with Gasteiger partial charge in [-0.1, -0.05) is 23.9 Å². The molecule has 0 spiro atoms. The first-order valence-corrected chi connectivity index (χ1v) is 7.41. The van der Waals surface area contributed by atoms with Crippen LogP contribution >= 0.6 is 23.1 Å². The van der Waals surface area contributed by atoms with Crippen LogP contribution in [0.15, 0.2) is 41.0 Å². The van der Waals surface area contributed by atoms with Crippen LogP contribution < -0.4 is 11.3 Å². The van der Waals surface area contributed by atoms with E-state index >= 15 is 0 Å². The van der Waals surface area contributed by atoms with Gasteiger partial charge < -0.3 is 5.43 Å². The van der Waals surface area contributed by atoms with Gasteiger partial charge in [0.25, 0.3) is 0 Å². The highest BCUT2D eigenvalue weighted by Gasteiger charge is 2.05. The number of hydrogen-bond acceptors (Lipinski definition) is 7. The maximum Gasteiger partial charge on any atom is 0.158 e. The molecule has 3 N–H and O–H groups in total. The number of thiazole rings is 1. The van der Waals surface area contributed by atoms with Crippen LogP contribution in [-0.2, 0) is 5.75 Å². The summed E-state index contributed by atoms with van der Waals surface area (Å²) in [6.45, 7) is 0. The molecule has 0 saturated carbocycles. The van der Waals surface area contributed by atoms with E-state index in [1.54, 1.807) is 35.5 Å². The first-order chi connectivity index (χ1) is 9.35. The van der Waals surface area contributed by atoms with Crippen molar-refractivity contribution in [3.63, 3.8) is 0 Å². The van der Waals surface area contributed by atoms with Gasteiger partial charge in [0.15, 0.2) is 10.2 Å². The van der Waals surface area contributed by atoms with Crippen LogP contribution in [0.4, 0.5) is 5.82 Å². The minimum absolute atomic E-state index is 0.564. The van der Waals surface area contributed by atoms with Crippen molar-refractivity contribution in [2.45, 2.75) is 10.1 Å². The Bertz CT molecular complexity index is 647. The zero-order valence-electron chi connectivity index (χ0n) is 9.91. The fourth-order valence-electron chi connectivity index (χ4n) is 1.55. The molecule has 0 bridgehead atoms. The molecular formula is C12H11N5S2. The normalized spacial score (nSPS) is 10.8. The van der Waals surface area contributed by atoms with Crippen molar-refractivity contribution in [3.05, 3.63) is 42.4 Å². The zero-order valence-corrected chi connectivity index (χ0v) is 11.5. The van der Waals surface area contributed by atoms with Crippen molar-refractivity contribution in [2.24, 2.45) is 5.84 Å². The Balaban J connectivity index is 1.70. The Morgan fingerprint density at radius 1 is 1.21 bits per heavy atom. The fraction of sp³-hybridized carbons (Fsp3) is 0.0833. The van der Waals surface area contributed by atoms with Crippen molar-refractivity contribution in [3.8, 4) is 0 Å². The summed E-state index contributed by atoms with van der Waals surface area (Å²) >= 11 is 3.36. The molecule has 0 atom stereocenters. The summed E-state index contributed by atoms with van der Waals surface area (Å²) < 4.78 is 2.25. The number of rotatable bonds is 4. The second-order valence-corrected chi connectivity index (χ2v) is 6.03. The van der Waals surface area contributed by atoms with E-state index in [0.29, 0.717) is 5.82 Å². The first-order valence-electron chi connectivity index (χ1n) is 5.61. The number of nitrogens with two attached hydrogens (primary N) is 1. The maximum absolute atomic E-state index is 5.24. The van der Waals surface area contributed by atoms with Gasteiger partial charge >= 0.3 is 0 Å². The van der Waals surface area contributed by atoms with Gasteiger partial charge in [-0.25, -0.2) is 15.8 Å². The van der Waals surface area contributed by atoms with Gasteiger partial charge in [-0.15, -0.1) is 11.3 Å². The van der Waals surface area contributed by atoms with Crippen molar-refractivity contribution < 1.29 is 0 Å². The monoisotopic (exact) mass is 289 g/mol. The lowest BCUT2D eigenvalue weighted by Gasteiger charge is -2.00. The molecule has 0 fully saturated rings. The Morgan fingerprint density at radius 2 is 2.11 bits per heavy atom. The number of aromatic nitrogens is 3. The number of benzene rings is 1. The van der Waals surface area contributed by atoms with Crippen molar-refractivity contribution in [2.75, 3.05) is 5.43 Å². The van der Waals surface area contributed by atoms with Gasteiger partial charge in [0.1, 0.15) is 0 Å². The molecule has 2 aromatic heterocycles. The summed E-state index contributed by atoms with van der Waals surface area (Å²) in [7, 11) is 0. The molecule has 3 aromatic rings. The quantitative estimate of drug-likeness (QED) is 0.437. The number of nitrogens with one attached hydrogen (secondary N) is 1. The van der Waals surface area contributed by atoms with Gasteiger partial charge in [0, 0.05) is 5.75 Å². The largest absolute Gasteiger partial charge is 0.307 e. The number of nitrogens with zero attached hydrogens (tertiary/aromatic N) is 3. The van der Waals surface area contributed by atoms with E-state index in [9.17, 15) is 0 Å². The molecule has 2 heterocycles. The summed E-state index contributed by atoms with van der Waals surface area (Å²) in [6.07, 6.45) is 3.34. The average molecular weight is 289 g/mol. The third-order valence-corrected chi connectivity index (χ3v) is 4.68. The van der Waals surface area contributed by atoms with Gasteiger partial charge in [-0.3, -0.25) is 4.98 Å². The lowest BCUT2D eigenvalue weighted by atomic mass is 10.3. The summed E-state index contributed by atoms with van der Waals surface area (Å²) in [5.74, 6) is 6.55. The topological polar surface area (TPSA) is 76.7 Å². The second kappa shape index (κ2) is 5.52. The van der Waals surface area contributed by atoms with Gasteiger partial charge in [0.2, 0.25) is 0 Å². The SMILES string of the molecule is NNc1cnc(CSc2nc3ccccc3s2)cn1. The number of anilines is 1. The van der Waals surface area contributed by atoms with Crippen LogP contribution in [0.1, 0.15) is 5.69 Å². The summed E-state index contributed by atoms with van der Waals surface area (Å²) in [4.78, 5) is 13.0. The van der Waals surface area contributed by atoms with E-state index < -0.39 is 0 Å². The highest BCUT2D eigenvalue weighted by molar-refractivity contribution is 8.00. The Kier molecular flexibility index (Phi) is 3.58. The number of fused-ring (bicyclic) bond motifs is 1. The van der Waals surface area contributed by atoms with Crippen LogP contribution in [-0.4, -0.2) is 15.0 Å². The number of hydrogen-bond donors (Lipinski definition) is 2. The van der Waals surface area contributed by atoms with Crippen molar-refractivity contribution >= 4 is 39.1 Å². The van der Waals surface area contributed by atoms with Crippen LogP contribution in [0.3, 0.4) is 0 Å². The molecule has 19 heavy (non-hydrogen) atoms. The minimum Gasteiger partial charge on any atom is -0.307 e. The summed E-state index contributed by atoms with van der Waals surface area (Å²) in [5.41, 5.74) is 4.41. The van der Waals surface area contributed by atoms with E-state index in [0.717, 1.165) is 21.3 Å². The first kappa shape index (κ1) is 12.3. The summed E-state index contributed by atoms with van der Waals surface area (Å²) in [5, 5.41) is 0. The number of thioether (sulfide) groups is 1. The molecule has 5 nitrogen and oxygen atoms in total. The molecule has 0 amide bonds. The smallest absolute Gasteiger partial charge is 0.158 e. The average Bonchev–Trinajstić information content (AvgIpc) is 2.88. The van der Waals surface area contributed by atoms with Crippen LogP contribution in [0, 0.1) is 0 Å². The van der Waals surface area contributed by atoms with E-state index in [1.807, 2.05) is 18.2 Å². The second-order valence-electron chi connectivity index (χ2n) is 3.77. The van der Waals surface area contributed by atoms with E-state index in [4.69, 9.17) is 5.84 Å². The molecule has 0 aliphatic heterocycles. The predicted molar refractivity (Wildman–Crippen MR) is 79.0 cm³/mol. The lowest BCUT2D eigenvalue weighted by Crippen LogP contribution is -2.08. The van der Waals surface area contributed by atoms with Crippen LogP contribution in [0.5, 0.6) is 0 Å². The fourth-order valence-corrected chi connectivity index (χ4v) is 3.51. The molecule has 3 rings (SSSR count).